The maximum Gasteiger partial charge on any atom is 0.238 e. The predicted molar refractivity (Wildman–Crippen MR) is 67.7 cm³/mol. The van der Waals surface area contributed by atoms with Crippen LogP contribution in [-0.2, 0) is 10.3 Å². The summed E-state index contributed by atoms with van der Waals surface area (Å²) >= 11 is 5.73. The molecule has 0 aliphatic carbocycles. The first-order valence-electron chi connectivity index (χ1n) is 5.36. The highest BCUT2D eigenvalue weighted by molar-refractivity contribution is 6.30. The summed E-state index contributed by atoms with van der Waals surface area (Å²) in [6, 6.07) is 8.11. The van der Waals surface area contributed by atoms with Gasteiger partial charge in [-0.2, -0.15) is 0 Å². The highest BCUT2D eigenvalue weighted by atomic mass is 35.5. The smallest absolute Gasteiger partial charge is 0.238 e. The quantitative estimate of drug-likeness (QED) is 0.808. The first-order valence-corrected chi connectivity index (χ1v) is 5.80. The van der Waals surface area contributed by atoms with Crippen LogP contribution in [0.1, 0.15) is 31.9 Å². The Morgan fingerprint density at radius 1 is 1.31 bits per heavy atom. The van der Waals surface area contributed by atoms with Crippen molar-refractivity contribution in [1.82, 2.24) is 5.32 Å². The van der Waals surface area contributed by atoms with Gasteiger partial charge in [-0.15, -0.1) is 11.6 Å². The second-order valence-corrected chi connectivity index (χ2v) is 5.25. The van der Waals surface area contributed by atoms with E-state index < -0.39 is 10.9 Å². The van der Waals surface area contributed by atoms with Crippen LogP contribution in [-0.4, -0.2) is 11.3 Å². The van der Waals surface area contributed by atoms with Gasteiger partial charge in [0.25, 0.3) is 0 Å². The number of benzene rings is 1. The molecule has 3 heteroatoms. The molecule has 0 heterocycles. The van der Waals surface area contributed by atoms with Gasteiger partial charge >= 0.3 is 0 Å². The molecule has 0 saturated heterocycles. The molecule has 0 aliphatic heterocycles. The normalized spacial score (nSPS) is 13.3. The van der Waals surface area contributed by atoms with Crippen molar-refractivity contribution in [3.63, 3.8) is 0 Å². The summed E-state index contributed by atoms with van der Waals surface area (Å²) in [6.07, 6.45) is 0. The van der Waals surface area contributed by atoms with Gasteiger partial charge in [0.1, 0.15) is 5.38 Å². The number of aryl methyl sites for hydroxylation is 1. The number of halogens is 1. The van der Waals surface area contributed by atoms with E-state index in [4.69, 9.17) is 11.6 Å². The van der Waals surface area contributed by atoms with Crippen molar-refractivity contribution in [1.29, 1.82) is 0 Å². The molecule has 0 saturated carbocycles. The molecule has 0 spiro atoms. The summed E-state index contributed by atoms with van der Waals surface area (Å²) in [4.78, 5) is 11.6. The van der Waals surface area contributed by atoms with Crippen molar-refractivity contribution < 1.29 is 4.79 Å². The largest absolute Gasteiger partial charge is 0.346 e. The fraction of sp³-hybridized carbons (Fsp3) is 0.462. The zero-order valence-electron chi connectivity index (χ0n) is 10.2. The van der Waals surface area contributed by atoms with Crippen LogP contribution in [0, 0.1) is 6.92 Å². The van der Waals surface area contributed by atoms with Gasteiger partial charge in [-0.25, -0.2) is 0 Å². The second-order valence-electron chi connectivity index (χ2n) is 4.60. The van der Waals surface area contributed by atoms with Crippen molar-refractivity contribution in [3.8, 4) is 0 Å². The standard InChI is InChI=1S/C13H18ClNO/c1-9-5-7-11(8-6-9)13(3,4)15-12(16)10(2)14/h5-8,10H,1-4H3,(H,15,16). The molecular formula is C13H18ClNO. The van der Waals surface area contributed by atoms with Crippen LogP contribution in [0.4, 0.5) is 0 Å². The van der Waals surface area contributed by atoms with Gasteiger partial charge < -0.3 is 5.32 Å². The van der Waals surface area contributed by atoms with Crippen LogP contribution in [0.5, 0.6) is 0 Å². The molecule has 1 N–H and O–H groups in total. The summed E-state index contributed by atoms with van der Waals surface area (Å²) in [7, 11) is 0. The fourth-order valence-corrected chi connectivity index (χ4v) is 1.50. The van der Waals surface area contributed by atoms with E-state index in [0.717, 1.165) is 5.56 Å². The first-order chi connectivity index (χ1) is 7.33. The lowest BCUT2D eigenvalue weighted by Crippen LogP contribution is -2.43. The van der Waals surface area contributed by atoms with E-state index in [1.165, 1.54) is 5.56 Å². The Morgan fingerprint density at radius 3 is 2.25 bits per heavy atom. The Balaban J connectivity index is 2.85. The van der Waals surface area contributed by atoms with E-state index >= 15 is 0 Å². The molecule has 0 radical (unpaired) electrons. The number of hydrogen-bond donors (Lipinski definition) is 1. The zero-order chi connectivity index (χ0) is 12.3. The number of hydrogen-bond acceptors (Lipinski definition) is 1. The molecular weight excluding hydrogens is 222 g/mol. The Hall–Kier alpha value is -1.02. The molecule has 1 unspecified atom stereocenters. The maximum absolute atomic E-state index is 11.6. The van der Waals surface area contributed by atoms with Crippen LogP contribution in [0.25, 0.3) is 0 Å². The fourth-order valence-electron chi connectivity index (χ4n) is 1.45. The molecule has 1 rings (SSSR count). The highest BCUT2D eigenvalue weighted by Gasteiger charge is 2.24. The Morgan fingerprint density at radius 2 is 1.81 bits per heavy atom. The Kier molecular flexibility index (Phi) is 3.98. The van der Waals surface area contributed by atoms with Gasteiger partial charge in [-0.1, -0.05) is 29.8 Å². The average molecular weight is 240 g/mol. The van der Waals surface area contributed by atoms with Crippen molar-refractivity contribution in [2.45, 2.75) is 38.6 Å². The van der Waals surface area contributed by atoms with E-state index in [1.54, 1.807) is 6.92 Å². The predicted octanol–water partition coefficient (Wildman–Crippen LogP) is 2.97. The van der Waals surface area contributed by atoms with Crippen molar-refractivity contribution in [3.05, 3.63) is 35.4 Å². The van der Waals surface area contributed by atoms with Crippen molar-refractivity contribution >= 4 is 17.5 Å². The second kappa shape index (κ2) is 4.88. The summed E-state index contributed by atoms with van der Waals surface area (Å²) in [6.45, 7) is 7.64. The van der Waals surface area contributed by atoms with E-state index in [-0.39, 0.29) is 5.91 Å². The van der Waals surface area contributed by atoms with Crippen LogP contribution in [0.3, 0.4) is 0 Å². The summed E-state index contributed by atoms with van der Waals surface area (Å²) in [5, 5.41) is 2.41. The Bertz CT molecular complexity index is 368. The minimum absolute atomic E-state index is 0.146. The topological polar surface area (TPSA) is 29.1 Å². The van der Waals surface area contributed by atoms with Gasteiger partial charge in [0.15, 0.2) is 0 Å². The minimum atomic E-state index is -0.510. The molecule has 0 aliphatic rings. The molecule has 1 atom stereocenters. The van der Waals surface area contributed by atoms with E-state index in [1.807, 2.05) is 45.0 Å². The molecule has 1 aromatic rings. The van der Waals surface area contributed by atoms with Gasteiger partial charge in [0, 0.05) is 0 Å². The lowest BCUT2D eigenvalue weighted by molar-refractivity contribution is -0.122. The summed E-state index contributed by atoms with van der Waals surface area (Å²) in [5.41, 5.74) is 1.88. The maximum atomic E-state index is 11.6. The van der Waals surface area contributed by atoms with Crippen LogP contribution in [0.15, 0.2) is 24.3 Å². The Labute approximate surface area is 102 Å². The molecule has 16 heavy (non-hydrogen) atoms. The SMILES string of the molecule is Cc1ccc(C(C)(C)NC(=O)C(C)Cl)cc1. The molecule has 1 amide bonds. The van der Waals surface area contributed by atoms with Gasteiger partial charge in [0.2, 0.25) is 5.91 Å². The number of amides is 1. The lowest BCUT2D eigenvalue weighted by Gasteiger charge is -2.27. The number of carbonyl (C=O) groups is 1. The van der Waals surface area contributed by atoms with E-state index in [0.29, 0.717) is 0 Å². The van der Waals surface area contributed by atoms with Gasteiger partial charge in [0.05, 0.1) is 5.54 Å². The summed E-state index contributed by atoms with van der Waals surface area (Å²) in [5.74, 6) is -0.146. The van der Waals surface area contributed by atoms with Crippen molar-refractivity contribution in [2.24, 2.45) is 0 Å². The van der Waals surface area contributed by atoms with E-state index in [2.05, 4.69) is 5.32 Å². The third kappa shape index (κ3) is 3.24. The average Bonchev–Trinajstić information content (AvgIpc) is 2.17. The van der Waals surface area contributed by atoms with Crippen LogP contribution >= 0.6 is 11.6 Å². The molecule has 0 bridgehead atoms. The number of nitrogens with one attached hydrogen (secondary N) is 1. The monoisotopic (exact) mass is 239 g/mol. The first kappa shape index (κ1) is 13.0. The minimum Gasteiger partial charge on any atom is -0.346 e. The number of rotatable bonds is 3. The molecule has 88 valence electrons. The number of alkyl halides is 1. The summed E-state index contributed by atoms with van der Waals surface area (Å²) < 4.78 is 0. The molecule has 1 aromatic carbocycles. The van der Waals surface area contributed by atoms with Crippen LogP contribution < -0.4 is 5.32 Å². The van der Waals surface area contributed by atoms with Gasteiger partial charge in [-0.3, -0.25) is 4.79 Å². The van der Waals surface area contributed by atoms with Crippen LogP contribution in [0.2, 0.25) is 0 Å². The molecule has 0 fully saturated rings. The molecule has 2 nitrogen and oxygen atoms in total. The van der Waals surface area contributed by atoms with Crippen molar-refractivity contribution in [2.75, 3.05) is 0 Å². The highest BCUT2D eigenvalue weighted by Crippen LogP contribution is 2.20. The van der Waals surface area contributed by atoms with Gasteiger partial charge in [-0.05, 0) is 33.3 Å². The number of carbonyl (C=O) groups excluding carboxylic acids is 1. The zero-order valence-corrected chi connectivity index (χ0v) is 10.9. The lowest BCUT2D eigenvalue weighted by atomic mass is 9.93. The third-order valence-corrected chi connectivity index (χ3v) is 2.77. The molecule has 0 aromatic heterocycles. The van der Waals surface area contributed by atoms with E-state index in [9.17, 15) is 4.79 Å². The third-order valence-electron chi connectivity index (χ3n) is 2.57.